The molecule has 1 aromatic carbocycles. The van der Waals surface area contributed by atoms with Crippen molar-refractivity contribution in [3.05, 3.63) is 63.7 Å². The number of nitrogens with zero attached hydrogens (tertiary/aromatic N) is 4. The van der Waals surface area contributed by atoms with Gasteiger partial charge in [-0.05, 0) is 48.9 Å². The van der Waals surface area contributed by atoms with E-state index in [9.17, 15) is 18.0 Å². The molecule has 1 amide bonds. The van der Waals surface area contributed by atoms with E-state index < -0.39 is 15.7 Å². The van der Waals surface area contributed by atoms with Gasteiger partial charge in [0.15, 0.2) is 0 Å². The molecule has 0 saturated carbocycles. The number of carbonyl (C=O) groups excluding carboxylic acids is 1. The third-order valence-corrected chi connectivity index (χ3v) is 7.64. The molecule has 1 fully saturated rings. The normalized spacial score (nSPS) is 17.4. The number of benzene rings is 1. The third kappa shape index (κ3) is 4.69. The number of piperidine rings is 1. The van der Waals surface area contributed by atoms with Crippen molar-refractivity contribution in [1.29, 1.82) is 0 Å². The predicted molar refractivity (Wildman–Crippen MR) is 124 cm³/mol. The van der Waals surface area contributed by atoms with E-state index in [4.69, 9.17) is 0 Å². The number of rotatable bonds is 6. The first-order valence-corrected chi connectivity index (χ1v) is 13.0. The number of thiophene rings is 1. The highest BCUT2D eigenvalue weighted by Crippen LogP contribution is 2.28. The molecular weight excluding hydrogens is 450 g/mol. The Bertz CT molecular complexity index is 1280. The van der Waals surface area contributed by atoms with Crippen LogP contribution in [0.2, 0.25) is 0 Å². The number of para-hydroxylation sites is 1. The second kappa shape index (κ2) is 9.00. The highest BCUT2D eigenvalue weighted by atomic mass is 32.2. The molecule has 1 aliphatic rings. The van der Waals surface area contributed by atoms with Crippen LogP contribution in [0.5, 0.6) is 0 Å². The van der Waals surface area contributed by atoms with Crippen LogP contribution in [-0.2, 0) is 21.4 Å². The fraction of sp³-hybridized carbons (Fsp3) is 0.381. The topological polar surface area (TPSA) is 106 Å². The van der Waals surface area contributed by atoms with Crippen LogP contribution in [0.3, 0.4) is 0 Å². The summed E-state index contributed by atoms with van der Waals surface area (Å²) in [7, 11) is -3.34. The van der Waals surface area contributed by atoms with Crippen molar-refractivity contribution in [3.63, 3.8) is 0 Å². The fourth-order valence-corrected chi connectivity index (χ4v) is 5.53. The summed E-state index contributed by atoms with van der Waals surface area (Å²) in [4.78, 5) is 25.9. The van der Waals surface area contributed by atoms with E-state index in [1.807, 2.05) is 42.6 Å². The minimum Gasteiger partial charge on any atom is -0.324 e. The third-order valence-electron chi connectivity index (χ3n) is 5.52. The van der Waals surface area contributed by atoms with Crippen LogP contribution in [0.4, 0.5) is 5.69 Å². The number of hydrogen-bond donors (Lipinski definition) is 1. The van der Waals surface area contributed by atoms with Crippen molar-refractivity contribution in [3.8, 4) is 5.00 Å². The van der Waals surface area contributed by atoms with Gasteiger partial charge in [-0.15, -0.1) is 11.3 Å². The zero-order valence-corrected chi connectivity index (χ0v) is 19.5. The lowest BCUT2D eigenvalue weighted by molar-refractivity contribution is -0.117. The number of carbonyl (C=O) groups is 1. The van der Waals surface area contributed by atoms with Crippen molar-refractivity contribution in [2.24, 2.45) is 0 Å². The summed E-state index contributed by atoms with van der Waals surface area (Å²) < 4.78 is 28.2. The first kappa shape index (κ1) is 22.4. The maximum Gasteiger partial charge on any atom is 0.351 e. The molecule has 11 heteroatoms. The van der Waals surface area contributed by atoms with Crippen LogP contribution in [-0.4, -0.2) is 52.3 Å². The molecular formula is C21H25N5O4S2. The Hall–Kier alpha value is -2.76. The predicted octanol–water partition coefficient (Wildman–Crippen LogP) is 2.18. The highest BCUT2D eigenvalue weighted by Gasteiger charge is 2.32. The average molecular weight is 476 g/mol. The summed E-state index contributed by atoms with van der Waals surface area (Å²) in [6.45, 7) is 2.37. The number of hydrogen-bond acceptors (Lipinski definition) is 6. The largest absolute Gasteiger partial charge is 0.351 e. The maximum absolute atomic E-state index is 13.2. The van der Waals surface area contributed by atoms with Gasteiger partial charge in [0.1, 0.15) is 17.4 Å². The molecule has 2 aromatic heterocycles. The molecule has 0 radical (unpaired) electrons. The fourth-order valence-electron chi connectivity index (χ4n) is 3.89. The summed E-state index contributed by atoms with van der Waals surface area (Å²) in [6, 6.07) is 11.0. The molecule has 1 saturated heterocycles. The van der Waals surface area contributed by atoms with Crippen molar-refractivity contribution >= 4 is 33.0 Å². The number of nitrogens with one attached hydrogen (secondary N) is 1. The van der Waals surface area contributed by atoms with Gasteiger partial charge in [-0.1, -0.05) is 18.2 Å². The maximum atomic E-state index is 13.2. The van der Waals surface area contributed by atoms with Crippen LogP contribution >= 0.6 is 11.3 Å². The van der Waals surface area contributed by atoms with E-state index in [0.717, 1.165) is 10.2 Å². The van der Waals surface area contributed by atoms with Crippen LogP contribution in [0.25, 0.3) is 5.00 Å². The van der Waals surface area contributed by atoms with E-state index in [-0.39, 0.29) is 24.9 Å². The lowest BCUT2D eigenvalue weighted by Gasteiger charge is -2.30. The SMILES string of the molecule is Cc1ccccc1NC(=O)Cn1nc(C2CCCN(S(C)(=O)=O)C2)n(-c2cccs2)c1=O. The number of sulfonamides is 1. The molecule has 9 nitrogen and oxygen atoms in total. The zero-order valence-electron chi connectivity index (χ0n) is 17.9. The number of anilines is 1. The average Bonchev–Trinajstić information content (AvgIpc) is 3.38. The lowest BCUT2D eigenvalue weighted by Crippen LogP contribution is -2.39. The molecule has 1 aliphatic heterocycles. The van der Waals surface area contributed by atoms with E-state index >= 15 is 0 Å². The van der Waals surface area contributed by atoms with Gasteiger partial charge in [-0.25, -0.2) is 26.8 Å². The monoisotopic (exact) mass is 475 g/mol. The Labute approximate surface area is 190 Å². The Balaban J connectivity index is 1.65. The highest BCUT2D eigenvalue weighted by molar-refractivity contribution is 7.88. The first-order valence-electron chi connectivity index (χ1n) is 10.3. The zero-order chi connectivity index (χ0) is 22.9. The molecule has 3 aromatic rings. The minimum atomic E-state index is -3.34. The van der Waals surface area contributed by atoms with E-state index in [1.165, 1.54) is 26.5 Å². The van der Waals surface area contributed by atoms with Crippen LogP contribution in [0.15, 0.2) is 46.6 Å². The van der Waals surface area contributed by atoms with Crippen molar-refractivity contribution in [1.82, 2.24) is 18.7 Å². The standard InChI is InChI=1S/C21H25N5O4S2/c1-15-7-3-4-9-17(15)22-18(27)14-25-21(28)26(19-10-6-12-31-19)20(23-25)16-8-5-11-24(13-16)32(2,29)30/h3-4,6-7,9-10,12,16H,5,8,11,13-14H2,1-2H3,(H,22,27). The van der Waals surface area contributed by atoms with Crippen molar-refractivity contribution < 1.29 is 13.2 Å². The Kier molecular flexibility index (Phi) is 6.31. The summed E-state index contributed by atoms with van der Waals surface area (Å²) >= 11 is 1.39. The van der Waals surface area contributed by atoms with Gasteiger partial charge < -0.3 is 5.32 Å². The van der Waals surface area contributed by atoms with Gasteiger partial charge in [0, 0.05) is 24.7 Å². The summed E-state index contributed by atoms with van der Waals surface area (Å²) in [5.74, 6) is -0.117. The second-order valence-corrected chi connectivity index (χ2v) is 10.8. The smallest absolute Gasteiger partial charge is 0.324 e. The van der Waals surface area contributed by atoms with Gasteiger partial charge in [-0.3, -0.25) is 4.79 Å². The Morgan fingerprint density at radius 1 is 1.25 bits per heavy atom. The molecule has 170 valence electrons. The van der Waals surface area contributed by atoms with E-state index in [0.29, 0.717) is 35.9 Å². The second-order valence-electron chi connectivity index (χ2n) is 7.91. The molecule has 0 bridgehead atoms. The molecule has 0 aliphatic carbocycles. The van der Waals surface area contributed by atoms with Crippen LogP contribution < -0.4 is 11.0 Å². The molecule has 1 atom stereocenters. The molecule has 1 N–H and O–H groups in total. The Morgan fingerprint density at radius 3 is 2.72 bits per heavy atom. The quantitative estimate of drug-likeness (QED) is 0.588. The van der Waals surface area contributed by atoms with Crippen molar-refractivity contribution in [2.45, 2.75) is 32.2 Å². The number of amides is 1. The minimum absolute atomic E-state index is 0.235. The van der Waals surface area contributed by atoms with E-state index in [2.05, 4.69) is 10.4 Å². The van der Waals surface area contributed by atoms with Crippen molar-refractivity contribution in [2.75, 3.05) is 24.7 Å². The summed E-state index contributed by atoms with van der Waals surface area (Å²) in [5, 5.41) is 9.87. The van der Waals surface area contributed by atoms with Gasteiger partial charge in [-0.2, -0.15) is 5.10 Å². The molecule has 32 heavy (non-hydrogen) atoms. The van der Waals surface area contributed by atoms with Crippen LogP contribution in [0, 0.1) is 6.92 Å². The molecule has 0 spiro atoms. The lowest BCUT2D eigenvalue weighted by atomic mass is 9.99. The van der Waals surface area contributed by atoms with Gasteiger partial charge in [0.05, 0.1) is 6.26 Å². The van der Waals surface area contributed by atoms with Gasteiger partial charge in [0.25, 0.3) is 0 Å². The first-order chi connectivity index (χ1) is 15.2. The number of aryl methyl sites for hydroxylation is 1. The van der Waals surface area contributed by atoms with Gasteiger partial charge >= 0.3 is 5.69 Å². The summed E-state index contributed by atoms with van der Waals surface area (Å²) in [6.07, 6.45) is 2.58. The van der Waals surface area contributed by atoms with Gasteiger partial charge in [0.2, 0.25) is 15.9 Å². The molecule has 3 heterocycles. The molecule has 4 rings (SSSR count). The Morgan fingerprint density at radius 2 is 2.03 bits per heavy atom. The summed E-state index contributed by atoms with van der Waals surface area (Å²) in [5.41, 5.74) is 1.18. The van der Waals surface area contributed by atoms with E-state index in [1.54, 1.807) is 6.07 Å². The molecule has 1 unspecified atom stereocenters. The van der Waals surface area contributed by atoms with Crippen LogP contribution in [0.1, 0.15) is 30.1 Å². The number of aromatic nitrogens is 3.